The zero-order valence-corrected chi connectivity index (χ0v) is 13.4. The molecule has 1 aromatic rings. The van der Waals surface area contributed by atoms with E-state index in [-0.39, 0.29) is 18.4 Å². The number of hydrogen-bond donors (Lipinski definition) is 2. The molecule has 3 unspecified atom stereocenters. The van der Waals surface area contributed by atoms with Crippen molar-refractivity contribution < 1.29 is 14.7 Å². The Bertz CT molecular complexity index is 559. The van der Waals surface area contributed by atoms with E-state index in [1.807, 2.05) is 45.0 Å². The molecule has 1 heterocycles. The maximum Gasteiger partial charge on any atom is 0.316 e. The van der Waals surface area contributed by atoms with E-state index in [1.54, 1.807) is 0 Å². The quantitative estimate of drug-likeness (QED) is 0.831. The number of nitrogens with one attached hydrogen (secondary N) is 1. The van der Waals surface area contributed by atoms with Gasteiger partial charge in [-0.2, -0.15) is 0 Å². The van der Waals surface area contributed by atoms with E-state index < -0.39 is 17.9 Å². The van der Waals surface area contributed by atoms with Gasteiger partial charge in [0, 0.05) is 24.7 Å². The van der Waals surface area contributed by atoms with Gasteiger partial charge >= 0.3 is 11.8 Å². The molecule has 0 fully saturated rings. The lowest BCUT2D eigenvalue weighted by Gasteiger charge is -2.20. The van der Waals surface area contributed by atoms with E-state index in [9.17, 15) is 14.7 Å². The third-order valence-corrected chi connectivity index (χ3v) is 4.43. The number of para-hydroxylation sites is 1. The molecular weight excluding hydrogens is 280 g/mol. The molecule has 3 atom stereocenters. The number of amides is 2. The molecule has 5 heteroatoms. The van der Waals surface area contributed by atoms with E-state index in [2.05, 4.69) is 5.32 Å². The van der Waals surface area contributed by atoms with Gasteiger partial charge < -0.3 is 15.3 Å². The Kier molecular flexibility index (Phi) is 5.19. The average Bonchev–Trinajstić information content (AvgIpc) is 2.88. The zero-order valence-electron chi connectivity index (χ0n) is 13.4. The molecule has 0 aliphatic carbocycles. The fourth-order valence-electron chi connectivity index (χ4n) is 2.68. The van der Waals surface area contributed by atoms with Gasteiger partial charge in [0.25, 0.3) is 0 Å². The molecule has 0 saturated carbocycles. The van der Waals surface area contributed by atoms with Crippen molar-refractivity contribution in [2.75, 3.05) is 18.0 Å². The molecule has 2 amide bonds. The van der Waals surface area contributed by atoms with Crippen LogP contribution >= 0.6 is 0 Å². The highest BCUT2D eigenvalue weighted by Crippen LogP contribution is 2.35. The van der Waals surface area contributed by atoms with Crippen LogP contribution in [0.4, 0.5) is 5.69 Å². The summed E-state index contributed by atoms with van der Waals surface area (Å²) in [7, 11) is 0. The molecule has 5 nitrogen and oxygen atoms in total. The minimum atomic E-state index is -0.661. The van der Waals surface area contributed by atoms with Gasteiger partial charge in [0.1, 0.15) is 0 Å². The van der Waals surface area contributed by atoms with Crippen molar-refractivity contribution in [1.29, 1.82) is 0 Å². The highest BCUT2D eigenvalue weighted by atomic mass is 16.3. The second kappa shape index (κ2) is 6.92. The molecule has 120 valence electrons. The van der Waals surface area contributed by atoms with Crippen LogP contribution in [0.15, 0.2) is 24.3 Å². The van der Waals surface area contributed by atoms with Gasteiger partial charge in [-0.1, -0.05) is 45.4 Å². The first-order chi connectivity index (χ1) is 10.5. The molecule has 0 aromatic heterocycles. The summed E-state index contributed by atoms with van der Waals surface area (Å²) in [5, 5.41) is 12.4. The van der Waals surface area contributed by atoms with Gasteiger partial charge in [-0.05, 0) is 17.5 Å². The Morgan fingerprint density at radius 2 is 2.09 bits per heavy atom. The number of carbonyl (C=O) groups excluding carboxylic acids is 2. The maximum atomic E-state index is 12.3. The first-order valence-electron chi connectivity index (χ1n) is 7.82. The summed E-state index contributed by atoms with van der Waals surface area (Å²) in [6.45, 7) is 6.54. The van der Waals surface area contributed by atoms with Gasteiger partial charge in [0.2, 0.25) is 0 Å². The molecule has 0 radical (unpaired) electrons. The minimum Gasteiger partial charge on any atom is -0.391 e. The third-order valence-electron chi connectivity index (χ3n) is 4.43. The number of benzene rings is 1. The molecule has 0 saturated heterocycles. The predicted octanol–water partition coefficient (Wildman–Crippen LogP) is 1.66. The summed E-state index contributed by atoms with van der Waals surface area (Å²) in [4.78, 5) is 25.9. The van der Waals surface area contributed by atoms with Gasteiger partial charge in [0.15, 0.2) is 0 Å². The summed E-state index contributed by atoms with van der Waals surface area (Å²) >= 11 is 0. The number of rotatable bonds is 4. The van der Waals surface area contributed by atoms with Crippen molar-refractivity contribution in [2.45, 2.75) is 39.2 Å². The van der Waals surface area contributed by atoms with Crippen LogP contribution in [-0.4, -0.2) is 36.1 Å². The highest BCUT2D eigenvalue weighted by molar-refractivity contribution is 6.40. The van der Waals surface area contributed by atoms with Crippen molar-refractivity contribution in [3.8, 4) is 0 Å². The van der Waals surface area contributed by atoms with E-state index in [0.717, 1.165) is 17.7 Å². The smallest absolute Gasteiger partial charge is 0.316 e. The number of anilines is 1. The lowest BCUT2D eigenvalue weighted by atomic mass is 10.0. The van der Waals surface area contributed by atoms with Crippen LogP contribution < -0.4 is 10.2 Å². The SMILES string of the molecule is CCC(C)C(O)CNC(=O)C(=O)N1CC(C)c2ccccc21. The van der Waals surface area contributed by atoms with Gasteiger partial charge in [-0.15, -0.1) is 0 Å². The van der Waals surface area contributed by atoms with E-state index in [0.29, 0.717) is 6.54 Å². The fraction of sp³-hybridized carbons (Fsp3) is 0.529. The Morgan fingerprint density at radius 1 is 1.41 bits per heavy atom. The number of fused-ring (bicyclic) bond motifs is 1. The van der Waals surface area contributed by atoms with E-state index in [1.165, 1.54) is 4.90 Å². The molecule has 0 bridgehead atoms. The molecule has 2 rings (SSSR count). The Balaban J connectivity index is 1.99. The van der Waals surface area contributed by atoms with Crippen LogP contribution in [0.25, 0.3) is 0 Å². The minimum absolute atomic E-state index is 0.0861. The number of aliphatic hydroxyl groups is 1. The van der Waals surface area contributed by atoms with Crippen LogP contribution in [0.3, 0.4) is 0 Å². The van der Waals surface area contributed by atoms with Crippen LogP contribution in [0.2, 0.25) is 0 Å². The van der Waals surface area contributed by atoms with Crippen LogP contribution in [0.1, 0.15) is 38.7 Å². The Morgan fingerprint density at radius 3 is 2.77 bits per heavy atom. The molecule has 22 heavy (non-hydrogen) atoms. The monoisotopic (exact) mass is 304 g/mol. The van der Waals surface area contributed by atoms with Crippen molar-refractivity contribution >= 4 is 17.5 Å². The summed E-state index contributed by atoms with van der Waals surface area (Å²) in [6.07, 6.45) is 0.189. The number of aliphatic hydroxyl groups excluding tert-OH is 1. The Labute approximate surface area is 131 Å². The van der Waals surface area contributed by atoms with Gasteiger partial charge in [0.05, 0.1) is 6.10 Å². The molecule has 2 N–H and O–H groups in total. The van der Waals surface area contributed by atoms with Crippen molar-refractivity contribution in [1.82, 2.24) is 5.32 Å². The van der Waals surface area contributed by atoms with Gasteiger partial charge in [-0.25, -0.2) is 0 Å². The first-order valence-corrected chi connectivity index (χ1v) is 7.82. The molecule has 0 spiro atoms. The second-order valence-electron chi connectivity index (χ2n) is 6.04. The number of carbonyl (C=O) groups is 2. The molecular formula is C17H24N2O3. The molecule has 1 aliphatic heterocycles. The summed E-state index contributed by atoms with van der Waals surface area (Å²) in [5.41, 5.74) is 1.89. The number of hydrogen-bond acceptors (Lipinski definition) is 3. The standard InChI is InChI=1S/C17H24N2O3/c1-4-11(2)15(20)9-18-16(21)17(22)19-10-12(3)13-7-5-6-8-14(13)19/h5-8,11-12,15,20H,4,9-10H2,1-3H3,(H,18,21). The normalized spacial score (nSPS) is 19.5. The van der Waals surface area contributed by atoms with E-state index >= 15 is 0 Å². The predicted molar refractivity (Wildman–Crippen MR) is 85.7 cm³/mol. The van der Waals surface area contributed by atoms with Crippen molar-refractivity contribution in [2.24, 2.45) is 5.92 Å². The zero-order chi connectivity index (χ0) is 16.3. The molecule has 1 aliphatic rings. The highest BCUT2D eigenvalue weighted by Gasteiger charge is 2.32. The van der Waals surface area contributed by atoms with E-state index in [4.69, 9.17) is 0 Å². The summed E-state index contributed by atoms with van der Waals surface area (Å²) in [5.74, 6) is -0.916. The van der Waals surface area contributed by atoms with Crippen molar-refractivity contribution in [3.63, 3.8) is 0 Å². The number of nitrogens with zero attached hydrogens (tertiary/aromatic N) is 1. The second-order valence-corrected chi connectivity index (χ2v) is 6.04. The van der Waals surface area contributed by atoms with Crippen molar-refractivity contribution in [3.05, 3.63) is 29.8 Å². The average molecular weight is 304 g/mol. The van der Waals surface area contributed by atoms with Crippen LogP contribution in [0.5, 0.6) is 0 Å². The molecule has 1 aromatic carbocycles. The third kappa shape index (κ3) is 3.30. The van der Waals surface area contributed by atoms with Gasteiger partial charge in [-0.3, -0.25) is 9.59 Å². The van der Waals surface area contributed by atoms with Crippen LogP contribution in [0, 0.1) is 5.92 Å². The lowest BCUT2D eigenvalue weighted by molar-refractivity contribution is -0.137. The lowest BCUT2D eigenvalue weighted by Crippen LogP contribution is -2.45. The fourth-order valence-corrected chi connectivity index (χ4v) is 2.68. The summed E-state index contributed by atoms with van der Waals surface area (Å²) < 4.78 is 0. The first kappa shape index (κ1) is 16.5. The van der Waals surface area contributed by atoms with Crippen LogP contribution in [-0.2, 0) is 9.59 Å². The summed E-state index contributed by atoms with van der Waals surface area (Å²) in [6, 6.07) is 7.64. The maximum absolute atomic E-state index is 12.3. The Hall–Kier alpha value is -1.88. The topological polar surface area (TPSA) is 69.6 Å². The largest absolute Gasteiger partial charge is 0.391 e.